The molecule has 1 atom stereocenters. The molecule has 6 nitrogen and oxygen atoms in total. The maximum absolute atomic E-state index is 12.4. The third-order valence-corrected chi connectivity index (χ3v) is 4.31. The summed E-state index contributed by atoms with van der Waals surface area (Å²) in [6, 6.07) is 9.94. The molecule has 1 saturated heterocycles. The minimum absolute atomic E-state index is 0.115. The van der Waals surface area contributed by atoms with Gasteiger partial charge in [-0.25, -0.2) is 9.97 Å². The van der Waals surface area contributed by atoms with Crippen molar-refractivity contribution in [3.63, 3.8) is 0 Å². The topological polar surface area (TPSA) is 67.4 Å². The van der Waals surface area contributed by atoms with Crippen molar-refractivity contribution in [3.8, 4) is 0 Å². The lowest BCUT2D eigenvalue weighted by molar-refractivity contribution is 0.0853. The van der Waals surface area contributed by atoms with Crippen molar-refractivity contribution in [1.29, 1.82) is 0 Å². The molecule has 2 heterocycles. The first kappa shape index (κ1) is 17.4. The first-order valence-corrected chi connectivity index (χ1v) is 8.73. The van der Waals surface area contributed by atoms with E-state index in [1.165, 1.54) is 11.9 Å². The highest BCUT2D eigenvalue weighted by molar-refractivity contribution is 5.93. The van der Waals surface area contributed by atoms with E-state index in [1.807, 2.05) is 12.1 Å². The maximum atomic E-state index is 12.4. The van der Waals surface area contributed by atoms with Crippen molar-refractivity contribution in [2.24, 2.45) is 0 Å². The van der Waals surface area contributed by atoms with E-state index < -0.39 is 0 Å². The molecule has 1 fully saturated rings. The molecule has 1 aromatic carbocycles. The van der Waals surface area contributed by atoms with Crippen LogP contribution in [0.25, 0.3) is 0 Å². The van der Waals surface area contributed by atoms with Crippen LogP contribution in [0.3, 0.4) is 0 Å². The number of aromatic nitrogens is 2. The van der Waals surface area contributed by atoms with Gasteiger partial charge in [0, 0.05) is 31.5 Å². The van der Waals surface area contributed by atoms with Crippen LogP contribution in [-0.4, -0.2) is 41.7 Å². The van der Waals surface area contributed by atoms with Gasteiger partial charge >= 0.3 is 0 Å². The van der Waals surface area contributed by atoms with E-state index in [0.717, 1.165) is 31.7 Å². The van der Waals surface area contributed by atoms with Gasteiger partial charge in [-0.15, -0.1) is 0 Å². The second-order valence-electron chi connectivity index (χ2n) is 6.19. The van der Waals surface area contributed by atoms with Crippen LogP contribution in [0.2, 0.25) is 0 Å². The van der Waals surface area contributed by atoms with Gasteiger partial charge in [0.1, 0.15) is 17.8 Å². The van der Waals surface area contributed by atoms with E-state index in [0.29, 0.717) is 18.1 Å². The predicted molar refractivity (Wildman–Crippen MR) is 97.2 cm³/mol. The van der Waals surface area contributed by atoms with Crippen molar-refractivity contribution in [2.75, 3.05) is 24.6 Å². The van der Waals surface area contributed by atoms with Gasteiger partial charge in [0.25, 0.3) is 5.91 Å². The Morgan fingerprint density at radius 1 is 1.36 bits per heavy atom. The summed E-state index contributed by atoms with van der Waals surface area (Å²) in [5.41, 5.74) is 2.60. The number of nitrogens with zero attached hydrogens (tertiary/aromatic N) is 3. The fourth-order valence-corrected chi connectivity index (χ4v) is 2.99. The number of rotatable bonds is 6. The number of amides is 1. The van der Waals surface area contributed by atoms with Gasteiger partial charge in [-0.05, 0) is 44.4 Å². The smallest absolute Gasteiger partial charge is 0.270 e. The van der Waals surface area contributed by atoms with Gasteiger partial charge in [0.2, 0.25) is 0 Å². The van der Waals surface area contributed by atoms with Crippen LogP contribution in [0.4, 0.5) is 11.5 Å². The molecule has 1 amide bonds. The molecule has 1 unspecified atom stereocenters. The predicted octanol–water partition coefficient (Wildman–Crippen LogP) is 2.85. The fourth-order valence-electron chi connectivity index (χ4n) is 2.99. The standard InChI is InChI=1S/C19H24N4O2/c1-3-23(15-7-4-6-14(2)10-15)18-11-17(21-13-22-18)19(24)20-12-16-8-5-9-25-16/h4,6-7,10-11,13,16H,3,5,8-9,12H2,1-2H3,(H,20,24). The van der Waals surface area contributed by atoms with Gasteiger partial charge in [0.05, 0.1) is 6.10 Å². The van der Waals surface area contributed by atoms with Crippen LogP contribution in [-0.2, 0) is 4.74 Å². The summed E-state index contributed by atoms with van der Waals surface area (Å²) < 4.78 is 5.53. The zero-order chi connectivity index (χ0) is 17.6. The zero-order valence-corrected chi connectivity index (χ0v) is 14.7. The Labute approximate surface area is 148 Å². The number of aryl methyl sites for hydroxylation is 1. The van der Waals surface area contributed by atoms with E-state index in [9.17, 15) is 4.79 Å². The first-order chi connectivity index (χ1) is 12.2. The molecule has 2 aromatic rings. The Balaban J connectivity index is 1.74. The lowest BCUT2D eigenvalue weighted by Crippen LogP contribution is -2.32. The number of carbonyl (C=O) groups excluding carboxylic acids is 1. The van der Waals surface area contributed by atoms with Gasteiger partial charge < -0.3 is 15.0 Å². The van der Waals surface area contributed by atoms with E-state index >= 15 is 0 Å². The molecule has 0 radical (unpaired) electrons. The molecule has 6 heteroatoms. The largest absolute Gasteiger partial charge is 0.376 e. The van der Waals surface area contributed by atoms with Crippen LogP contribution in [0.5, 0.6) is 0 Å². The van der Waals surface area contributed by atoms with E-state index in [2.05, 4.69) is 46.2 Å². The summed E-state index contributed by atoms with van der Waals surface area (Å²) in [6.07, 6.45) is 3.60. The lowest BCUT2D eigenvalue weighted by Gasteiger charge is -2.22. The number of hydrogen-bond donors (Lipinski definition) is 1. The number of hydrogen-bond acceptors (Lipinski definition) is 5. The SMILES string of the molecule is CCN(c1cccc(C)c1)c1cc(C(=O)NCC2CCCO2)ncn1. The van der Waals surface area contributed by atoms with E-state index in [4.69, 9.17) is 4.74 Å². The highest BCUT2D eigenvalue weighted by Crippen LogP contribution is 2.24. The summed E-state index contributed by atoms with van der Waals surface area (Å²) in [7, 11) is 0. The second-order valence-corrected chi connectivity index (χ2v) is 6.19. The molecule has 3 rings (SSSR count). The second kappa shape index (κ2) is 8.07. The minimum atomic E-state index is -0.195. The summed E-state index contributed by atoms with van der Waals surface area (Å²) in [5, 5.41) is 2.90. The Morgan fingerprint density at radius 2 is 2.24 bits per heavy atom. The van der Waals surface area contributed by atoms with Crippen LogP contribution < -0.4 is 10.2 Å². The summed E-state index contributed by atoms with van der Waals surface area (Å²) in [4.78, 5) is 22.9. The van der Waals surface area contributed by atoms with Crippen molar-refractivity contribution in [2.45, 2.75) is 32.8 Å². The van der Waals surface area contributed by atoms with Crippen LogP contribution in [0, 0.1) is 6.92 Å². The molecule has 0 spiro atoms. The molecule has 25 heavy (non-hydrogen) atoms. The molecule has 1 N–H and O–H groups in total. The third-order valence-electron chi connectivity index (χ3n) is 4.31. The van der Waals surface area contributed by atoms with Crippen molar-refractivity contribution in [3.05, 3.63) is 47.9 Å². The Bertz CT molecular complexity index is 729. The average Bonchev–Trinajstić information content (AvgIpc) is 3.14. The Kier molecular flexibility index (Phi) is 5.60. The van der Waals surface area contributed by atoms with Crippen molar-refractivity contribution < 1.29 is 9.53 Å². The quantitative estimate of drug-likeness (QED) is 0.876. The van der Waals surface area contributed by atoms with Crippen molar-refractivity contribution >= 4 is 17.4 Å². The molecule has 0 bridgehead atoms. The van der Waals surface area contributed by atoms with E-state index in [-0.39, 0.29) is 12.0 Å². The molecule has 1 aliphatic heterocycles. The molecule has 1 aromatic heterocycles. The number of carbonyl (C=O) groups is 1. The van der Waals surface area contributed by atoms with Gasteiger partial charge in [-0.2, -0.15) is 0 Å². The highest BCUT2D eigenvalue weighted by Gasteiger charge is 2.18. The number of anilines is 2. The number of nitrogens with one attached hydrogen (secondary N) is 1. The fraction of sp³-hybridized carbons (Fsp3) is 0.421. The monoisotopic (exact) mass is 340 g/mol. The Hall–Kier alpha value is -2.47. The summed E-state index contributed by atoms with van der Waals surface area (Å²) in [5.74, 6) is 0.518. The van der Waals surface area contributed by atoms with Crippen LogP contribution in [0.1, 0.15) is 35.8 Å². The molecule has 0 saturated carbocycles. The molecule has 1 aliphatic rings. The molecular formula is C19H24N4O2. The van der Waals surface area contributed by atoms with Crippen molar-refractivity contribution in [1.82, 2.24) is 15.3 Å². The number of benzene rings is 1. The van der Waals surface area contributed by atoms with Gasteiger partial charge in [0.15, 0.2) is 0 Å². The van der Waals surface area contributed by atoms with Crippen LogP contribution in [0.15, 0.2) is 36.7 Å². The first-order valence-electron chi connectivity index (χ1n) is 8.73. The minimum Gasteiger partial charge on any atom is -0.376 e. The van der Waals surface area contributed by atoms with Crippen LogP contribution >= 0.6 is 0 Å². The average molecular weight is 340 g/mol. The molecule has 0 aliphatic carbocycles. The molecule has 132 valence electrons. The van der Waals surface area contributed by atoms with Gasteiger partial charge in [-0.1, -0.05) is 12.1 Å². The Morgan fingerprint density at radius 3 is 2.96 bits per heavy atom. The zero-order valence-electron chi connectivity index (χ0n) is 14.7. The molecular weight excluding hydrogens is 316 g/mol. The maximum Gasteiger partial charge on any atom is 0.270 e. The summed E-state index contributed by atoms with van der Waals surface area (Å²) >= 11 is 0. The summed E-state index contributed by atoms with van der Waals surface area (Å²) in [6.45, 7) is 6.16. The third kappa shape index (κ3) is 4.33. The number of ether oxygens (including phenoxy) is 1. The highest BCUT2D eigenvalue weighted by atomic mass is 16.5. The lowest BCUT2D eigenvalue weighted by atomic mass is 10.2. The van der Waals surface area contributed by atoms with E-state index in [1.54, 1.807) is 6.07 Å². The van der Waals surface area contributed by atoms with Gasteiger partial charge in [-0.3, -0.25) is 4.79 Å². The normalized spacial score (nSPS) is 16.6.